The quantitative estimate of drug-likeness (QED) is 0.883. The molecule has 0 aliphatic rings. The van der Waals surface area contributed by atoms with Crippen LogP contribution >= 0.6 is 12.2 Å². The summed E-state index contributed by atoms with van der Waals surface area (Å²) in [5.74, 6) is -0.436. The molecule has 1 aromatic carbocycles. The van der Waals surface area contributed by atoms with Gasteiger partial charge in [0.2, 0.25) is 0 Å². The van der Waals surface area contributed by atoms with Crippen molar-refractivity contribution in [2.45, 2.75) is 13.0 Å². The molecule has 0 saturated heterocycles. The Balaban J connectivity index is 2.61. The van der Waals surface area contributed by atoms with E-state index < -0.39 is 15.7 Å². The Morgan fingerprint density at radius 1 is 1.50 bits per heavy atom. The fourth-order valence-electron chi connectivity index (χ4n) is 2.06. The van der Waals surface area contributed by atoms with Crippen molar-refractivity contribution in [3.05, 3.63) is 28.8 Å². The number of aromatic nitrogens is 2. The van der Waals surface area contributed by atoms with Gasteiger partial charge in [0.05, 0.1) is 11.3 Å². The fraction of sp³-hybridized carbons (Fsp3) is 0.364. The van der Waals surface area contributed by atoms with Gasteiger partial charge >= 0.3 is 0 Å². The van der Waals surface area contributed by atoms with Crippen molar-refractivity contribution in [2.75, 3.05) is 12.0 Å². The molecule has 0 aliphatic heterocycles. The van der Waals surface area contributed by atoms with Crippen LogP contribution in [0.5, 0.6) is 0 Å². The number of aromatic amines is 1. The Hall–Kier alpha value is -1.21. The number of H-pyrrole nitrogens is 1. The van der Waals surface area contributed by atoms with Crippen LogP contribution in [-0.4, -0.2) is 30.0 Å². The zero-order valence-electron chi connectivity index (χ0n) is 9.97. The van der Waals surface area contributed by atoms with E-state index >= 15 is 0 Å². The highest BCUT2D eigenvalue weighted by Crippen LogP contribution is 2.22. The second-order valence-corrected chi connectivity index (χ2v) is 6.95. The first-order valence-electron chi connectivity index (χ1n) is 5.36. The van der Waals surface area contributed by atoms with E-state index in [-0.39, 0.29) is 11.8 Å². The number of sulfone groups is 1. The summed E-state index contributed by atoms with van der Waals surface area (Å²) in [5.41, 5.74) is 0.888. The van der Waals surface area contributed by atoms with Gasteiger partial charge in [0, 0.05) is 12.3 Å². The van der Waals surface area contributed by atoms with E-state index in [0.29, 0.717) is 15.8 Å². The number of hydrogen-bond donors (Lipinski definition) is 1. The number of para-hydroxylation sites is 1. The van der Waals surface area contributed by atoms with Crippen molar-refractivity contribution in [3.63, 3.8) is 0 Å². The number of fused-ring (bicyclic) bond motifs is 1. The van der Waals surface area contributed by atoms with Gasteiger partial charge in [-0.05, 0) is 31.3 Å². The number of halogens is 1. The highest BCUT2D eigenvalue weighted by Gasteiger charge is 2.17. The van der Waals surface area contributed by atoms with Gasteiger partial charge in [0.1, 0.15) is 21.2 Å². The minimum atomic E-state index is -3.12. The summed E-state index contributed by atoms with van der Waals surface area (Å²) >= 11 is 5.12. The minimum absolute atomic E-state index is 0.0369. The van der Waals surface area contributed by atoms with Gasteiger partial charge in [0.25, 0.3) is 0 Å². The number of imidazole rings is 1. The van der Waals surface area contributed by atoms with Crippen molar-refractivity contribution in [1.82, 2.24) is 9.55 Å². The smallest absolute Gasteiger partial charge is 0.178 e. The van der Waals surface area contributed by atoms with Crippen LogP contribution in [-0.2, 0) is 9.84 Å². The fourth-order valence-corrected chi connectivity index (χ4v) is 3.47. The minimum Gasteiger partial charge on any atom is -0.328 e. The number of hydrogen-bond acceptors (Lipinski definition) is 3. The zero-order chi connectivity index (χ0) is 13.5. The van der Waals surface area contributed by atoms with E-state index in [0.717, 1.165) is 0 Å². The highest BCUT2D eigenvalue weighted by molar-refractivity contribution is 7.90. The summed E-state index contributed by atoms with van der Waals surface area (Å²) in [6.45, 7) is 1.75. The molecule has 18 heavy (non-hydrogen) atoms. The summed E-state index contributed by atoms with van der Waals surface area (Å²) < 4.78 is 38.2. The predicted octanol–water partition coefficient (Wildman–Crippen LogP) is 2.44. The molecule has 0 amide bonds. The topological polar surface area (TPSA) is 54.9 Å². The molecule has 0 saturated carbocycles. The second-order valence-electron chi connectivity index (χ2n) is 4.38. The number of benzene rings is 1. The molecule has 0 aliphatic carbocycles. The zero-order valence-corrected chi connectivity index (χ0v) is 11.6. The molecule has 0 radical (unpaired) electrons. The van der Waals surface area contributed by atoms with E-state index in [1.54, 1.807) is 23.6 Å². The predicted molar refractivity (Wildman–Crippen MR) is 71.5 cm³/mol. The maximum absolute atomic E-state index is 13.6. The number of nitrogens with zero attached hydrogens (tertiary/aromatic N) is 1. The summed E-state index contributed by atoms with van der Waals surface area (Å²) in [5, 5.41) is 0. The lowest BCUT2D eigenvalue weighted by Crippen LogP contribution is -2.16. The van der Waals surface area contributed by atoms with Crippen LogP contribution in [0.1, 0.15) is 13.0 Å². The van der Waals surface area contributed by atoms with Crippen LogP contribution in [0.15, 0.2) is 18.2 Å². The molecule has 1 N–H and O–H groups in total. The maximum Gasteiger partial charge on any atom is 0.178 e. The molecule has 98 valence electrons. The molecule has 1 unspecified atom stereocenters. The summed E-state index contributed by atoms with van der Waals surface area (Å²) in [7, 11) is -3.12. The van der Waals surface area contributed by atoms with Crippen molar-refractivity contribution in [1.29, 1.82) is 0 Å². The number of nitrogens with one attached hydrogen (secondary N) is 1. The molecule has 1 aromatic heterocycles. The van der Waals surface area contributed by atoms with E-state index in [2.05, 4.69) is 4.98 Å². The molecular formula is C11H13FN2O2S2. The molecule has 0 bridgehead atoms. The average molecular weight is 288 g/mol. The highest BCUT2D eigenvalue weighted by atomic mass is 32.2. The van der Waals surface area contributed by atoms with Crippen LogP contribution in [0.3, 0.4) is 0 Å². The van der Waals surface area contributed by atoms with Crippen LogP contribution in [0.25, 0.3) is 11.0 Å². The van der Waals surface area contributed by atoms with Crippen molar-refractivity contribution >= 4 is 33.1 Å². The molecule has 1 heterocycles. The third-order valence-electron chi connectivity index (χ3n) is 2.69. The first-order chi connectivity index (χ1) is 8.29. The normalized spacial score (nSPS) is 13.9. The first kappa shape index (κ1) is 13.2. The van der Waals surface area contributed by atoms with Crippen LogP contribution in [0.4, 0.5) is 4.39 Å². The Morgan fingerprint density at radius 2 is 2.17 bits per heavy atom. The third-order valence-corrected chi connectivity index (χ3v) is 4.07. The van der Waals surface area contributed by atoms with Gasteiger partial charge in [-0.25, -0.2) is 12.8 Å². The Morgan fingerprint density at radius 3 is 2.78 bits per heavy atom. The van der Waals surface area contributed by atoms with Gasteiger partial charge in [-0.15, -0.1) is 0 Å². The molecular weight excluding hydrogens is 275 g/mol. The van der Waals surface area contributed by atoms with Gasteiger partial charge in [-0.1, -0.05) is 6.07 Å². The van der Waals surface area contributed by atoms with Crippen molar-refractivity contribution < 1.29 is 12.8 Å². The molecule has 7 heteroatoms. The lowest BCUT2D eigenvalue weighted by molar-refractivity contribution is 0.566. The SMILES string of the molecule is CC(CS(C)(=O)=O)n1c(=S)[nH]c2c(F)cccc21. The Bertz CT molecular complexity index is 746. The standard InChI is InChI=1S/C11H13FN2O2S2/c1-7(6-18(2,15)16)14-9-5-3-4-8(12)10(9)13-11(14)17/h3-5,7H,6H2,1-2H3,(H,13,17). The summed E-state index contributed by atoms with van der Waals surface area (Å²) in [4.78, 5) is 2.77. The lowest BCUT2D eigenvalue weighted by atomic mass is 10.3. The third kappa shape index (κ3) is 2.46. The Kier molecular flexibility index (Phi) is 3.29. The van der Waals surface area contributed by atoms with E-state index in [1.165, 1.54) is 12.3 Å². The van der Waals surface area contributed by atoms with E-state index in [1.807, 2.05) is 0 Å². The first-order valence-corrected chi connectivity index (χ1v) is 7.83. The van der Waals surface area contributed by atoms with Gasteiger partial charge < -0.3 is 9.55 Å². The molecule has 2 aromatic rings. The molecule has 0 spiro atoms. The maximum atomic E-state index is 13.6. The molecule has 0 fully saturated rings. The lowest BCUT2D eigenvalue weighted by Gasteiger charge is -2.13. The Labute approximate surface area is 109 Å². The van der Waals surface area contributed by atoms with Crippen LogP contribution in [0, 0.1) is 10.6 Å². The molecule has 2 rings (SSSR count). The monoisotopic (exact) mass is 288 g/mol. The summed E-state index contributed by atoms with van der Waals surface area (Å²) in [6, 6.07) is 4.27. The van der Waals surface area contributed by atoms with Crippen molar-refractivity contribution in [2.24, 2.45) is 0 Å². The van der Waals surface area contributed by atoms with Gasteiger partial charge in [-0.2, -0.15) is 0 Å². The van der Waals surface area contributed by atoms with Gasteiger partial charge in [-0.3, -0.25) is 0 Å². The summed E-state index contributed by atoms with van der Waals surface area (Å²) in [6.07, 6.45) is 1.17. The van der Waals surface area contributed by atoms with E-state index in [9.17, 15) is 12.8 Å². The number of rotatable bonds is 3. The molecule has 1 atom stereocenters. The van der Waals surface area contributed by atoms with Crippen LogP contribution in [0.2, 0.25) is 0 Å². The van der Waals surface area contributed by atoms with Crippen LogP contribution < -0.4 is 0 Å². The average Bonchev–Trinajstić information content (AvgIpc) is 2.53. The largest absolute Gasteiger partial charge is 0.328 e. The molecule has 4 nitrogen and oxygen atoms in total. The van der Waals surface area contributed by atoms with Crippen molar-refractivity contribution in [3.8, 4) is 0 Å². The van der Waals surface area contributed by atoms with Gasteiger partial charge in [0.15, 0.2) is 4.77 Å². The van der Waals surface area contributed by atoms with E-state index in [4.69, 9.17) is 12.2 Å². The second kappa shape index (κ2) is 4.47.